The van der Waals surface area contributed by atoms with Gasteiger partial charge in [0.25, 0.3) is 0 Å². The van der Waals surface area contributed by atoms with Gasteiger partial charge in [-0.15, -0.1) is 11.3 Å². The summed E-state index contributed by atoms with van der Waals surface area (Å²) in [6, 6.07) is 20.2. The third-order valence-electron chi connectivity index (χ3n) is 5.53. The predicted octanol–water partition coefficient (Wildman–Crippen LogP) is 4.91. The molecule has 2 aliphatic heterocycles. The van der Waals surface area contributed by atoms with Gasteiger partial charge in [0.1, 0.15) is 23.9 Å². The molecule has 2 aromatic carbocycles. The normalized spacial score (nSPS) is 19.2. The van der Waals surface area contributed by atoms with E-state index < -0.39 is 0 Å². The fourth-order valence-electron chi connectivity index (χ4n) is 4.23. The molecular weight excluding hydrogens is 396 g/mol. The van der Waals surface area contributed by atoms with Crippen molar-refractivity contribution in [2.75, 3.05) is 12.4 Å². The lowest BCUT2D eigenvalue weighted by atomic mass is 9.86. The molecule has 0 unspecified atom stereocenters. The third-order valence-corrected chi connectivity index (χ3v) is 6.45. The van der Waals surface area contributed by atoms with Crippen molar-refractivity contribution >= 4 is 23.0 Å². The minimum absolute atomic E-state index is 0.172. The fraction of sp³-hybridized carbons (Fsp3) is 0.130. The van der Waals surface area contributed by atoms with Gasteiger partial charge in [-0.05, 0) is 41.3 Å². The third kappa shape index (κ3) is 2.55. The first kappa shape index (κ1) is 17.3. The van der Waals surface area contributed by atoms with Crippen LogP contribution in [0.4, 0.5) is 5.95 Å². The van der Waals surface area contributed by atoms with E-state index >= 15 is 0 Å². The lowest BCUT2D eigenvalue weighted by molar-refractivity contribution is 0.226. The molecule has 2 aromatic heterocycles. The number of anilines is 1. The summed E-state index contributed by atoms with van der Waals surface area (Å²) in [5.74, 6) is 2.38. The zero-order valence-corrected chi connectivity index (χ0v) is 17.0. The zero-order valence-electron chi connectivity index (χ0n) is 16.1. The number of rotatable bonds is 3. The molecule has 0 saturated carbocycles. The minimum Gasteiger partial charge on any atom is -0.497 e. The molecule has 7 heteroatoms. The number of benzene rings is 2. The molecule has 30 heavy (non-hydrogen) atoms. The number of hydrogen-bond acceptors (Lipinski definition) is 6. The number of hydrogen-bond donors (Lipinski definition) is 1. The first-order valence-corrected chi connectivity index (χ1v) is 10.6. The van der Waals surface area contributed by atoms with Crippen molar-refractivity contribution in [2.45, 2.75) is 12.1 Å². The Bertz CT molecular complexity index is 1260. The van der Waals surface area contributed by atoms with Gasteiger partial charge in [-0.3, -0.25) is 0 Å². The van der Waals surface area contributed by atoms with E-state index in [-0.39, 0.29) is 12.1 Å². The van der Waals surface area contributed by atoms with E-state index in [2.05, 4.69) is 51.1 Å². The van der Waals surface area contributed by atoms with Crippen molar-refractivity contribution in [3.8, 4) is 11.5 Å². The molecule has 4 heterocycles. The fourth-order valence-corrected chi connectivity index (χ4v) is 5.00. The standard InChI is InChI=1S/C23H18N4O2S/c1-28-15-7-4-6-14(12-15)21-19-20(26-23-24-13-25-27(21)23)16-8-2-3-9-17(16)29-22(19)18-10-5-11-30-18/h2-13,21-22H,1H3,(H,24,25,26)/t21-,22+/m0/s1. The molecule has 0 aliphatic carbocycles. The average Bonchev–Trinajstić information content (AvgIpc) is 3.49. The van der Waals surface area contributed by atoms with Crippen molar-refractivity contribution in [1.82, 2.24) is 14.8 Å². The zero-order chi connectivity index (χ0) is 20.1. The maximum atomic E-state index is 6.57. The van der Waals surface area contributed by atoms with Gasteiger partial charge < -0.3 is 14.8 Å². The van der Waals surface area contributed by atoms with Crippen LogP contribution in [0.5, 0.6) is 11.5 Å². The van der Waals surface area contributed by atoms with Gasteiger partial charge in [0.15, 0.2) is 6.10 Å². The molecule has 0 spiro atoms. The van der Waals surface area contributed by atoms with Crippen LogP contribution in [0, 0.1) is 0 Å². The number of ether oxygens (including phenoxy) is 2. The number of fused-ring (bicyclic) bond motifs is 3. The van der Waals surface area contributed by atoms with Crippen LogP contribution in [0.15, 0.2) is 77.9 Å². The summed E-state index contributed by atoms with van der Waals surface area (Å²) in [7, 11) is 1.68. The number of methoxy groups -OCH3 is 1. The number of nitrogens with zero attached hydrogens (tertiary/aromatic N) is 3. The summed E-state index contributed by atoms with van der Waals surface area (Å²) in [6.07, 6.45) is 1.36. The van der Waals surface area contributed by atoms with E-state index in [4.69, 9.17) is 9.47 Å². The highest BCUT2D eigenvalue weighted by molar-refractivity contribution is 7.10. The second kappa shape index (κ2) is 6.74. The molecule has 0 saturated heterocycles. The summed E-state index contributed by atoms with van der Waals surface area (Å²) in [6.45, 7) is 0. The van der Waals surface area contributed by atoms with Gasteiger partial charge in [-0.2, -0.15) is 10.1 Å². The van der Waals surface area contributed by atoms with E-state index in [0.29, 0.717) is 5.95 Å². The van der Waals surface area contributed by atoms with Crippen molar-refractivity contribution < 1.29 is 9.47 Å². The first-order chi connectivity index (χ1) is 14.8. The van der Waals surface area contributed by atoms with Crippen molar-refractivity contribution in [3.05, 3.63) is 93.9 Å². The Morgan fingerprint density at radius 2 is 2.03 bits per heavy atom. The Morgan fingerprint density at radius 3 is 2.90 bits per heavy atom. The maximum Gasteiger partial charge on any atom is 0.226 e. The van der Waals surface area contributed by atoms with Gasteiger partial charge in [0, 0.05) is 16.0 Å². The minimum atomic E-state index is -0.226. The van der Waals surface area contributed by atoms with E-state index in [1.807, 2.05) is 35.0 Å². The summed E-state index contributed by atoms with van der Waals surface area (Å²) >= 11 is 1.69. The largest absolute Gasteiger partial charge is 0.497 e. The Kier molecular flexibility index (Phi) is 3.89. The summed E-state index contributed by atoms with van der Waals surface area (Å²) < 4.78 is 14.0. The first-order valence-electron chi connectivity index (χ1n) is 9.67. The second-order valence-electron chi connectivity index (χ2n) is 7.17. The number of nitrogens with one attached hydrogen (secondary N) is 1. The summed E-state index contributed by atoms with van der Waals surface area (Å²) in [5.41, 5.74) is 4.24. The van der Waals surface area contributed by atoms with E-state index in [9.17, 15) is 0 Å². The van der Waals surface area contributed by atoms with Crippen molar-refractivity contribution in [3.63, 3.8) is 0 Å². The second-order valence-corrected chi connectivity index (χ2v) is 8.15. The molecule has 0 fully saturated rings. The Morgan fingerprint density at radius 1 is 1.10 bits per heavy atom. The molecule has 148 valence electrons. The highest BCUT2D eigenvalue weighted by Gasteiger charge is 2.41. The summed E-state index contributed by atoms with van der Waals surface area (Å²) in [4.78, 5) is 5.61. The topological polar surface area (TPSA) is 61.2 Å². The molecule has 2 aliphatic rings. The highest BCUT2D eigenvalue weighted by Crippen LogP contribution is 2.51. The van der Waals surface area contributed by atoms with Crippen LogP contribution in [-0.2, 0) is 0 Å². The number of aromatic nitrogens is 3. The monoisotopic (exact) mass is 414 g/mol. The Balaban J connectivity index is 1.63. The van der Waals surface area contributed by atoms with Crippen LogP contribution in [-0.4, -0.2) is 21.9 Å². The van der Waals surface area contributed by atoms with E-state index in [0.717, 1.165) is 38.8 Å². The quantitative estimate of drug-likeness (QED) is 0.516. The van der Waals surface area contributed by atoms with Crippen LogP contribution in [0.2, 0.25) is 0 Å². The van der Waals surface area contributed by atoms with Gasteiger partial charge in [-0.1, -0.05) is 30.3 Å². The Hall–Kier alpha value is -3.58. The summed E-state index contributed by atoms with van der Waals surface area (Å²) in [5, 5.41) is 10.1. The predicted molar refractivity (Wildman–Crippen MR) is 116 cm³/mol. The van der Waals surface area contributed by atoms with Crippen LogP contribution in [0.3, 0.4) is 0 Å². The number of thiophene rings is 1. The van der Waals surface area contributed by atoms with E-state index in [1.54, 1.807) is 24.8 Å². The number of para-hydroxylation sites is 1. The lowest BCUT2D eigenvalue weighted by Gasteiger charge is -2.38. The Labute approximate surface area is 177 Å². The molecule has 0 bridgehead atoms. The van der Waals surface area contributed by atoms with Gasteiger partial charge in [0.05, 0.1) is 12.8 Å². The average molecular weight is 414 g/mol. The maximum absolute atomic E-state index is 6.57. The molecule has 0 amide bonds. The van der Waals surface area contributed by atoms with Gasteiger partial charge in [-0.25, -0.2) is 4.68 Å². The van der Waals surface area contributed by atoms with Crippen LogP contribution in [0.25, 0.3) is 5.70 Å². The molecular formula is C23H18N4O2S. The molecule has 1 N–H and O–H groups in total. The molecule has 0 radical (unpaired) electrons. The van der Waals surface area contributed by atoms with Crippen molar-refractivity contribution in [2.24, 2.45) is 0 Å². The van der Waals surface area contributed by atoms with Crippen molar-refractivity contribution in [1.29, 1.82) is 0 Å². The lowest BCUT2D eigenvalue weighted by Crippen LogP contribution is -2.32. The van der Waals surface area contributed by atoms with Crippen LogP contribution < -0.4 is 14.8 Å². The van der Waals surface area contributed by atoms with Crippen LogP contribution >= 0.6 is 11.3 Å². The molecule has 2 atom stereocenters. The van der Waals surface area contributed by atoms with Crippen LogP contribution in [0.1, 0.15) is 28.1 Å². The smallest absolute Gasteiger partial charge is 0.226 e. The van der Waals surface area contributed by atoms with E-state index in [1.165, 1.54) is 0 Å². The van der Waals surface area contributed by atoms with Gasteiger partial charge >= 0.3 is 0 Å². The highest BCUT2D eigenvalue weighted by atomic mass is 32.1. The van der Waals surface area contributed by atoms with Gasteiger partial charge in [0.2, 0.25) is 5.95 Å². The molecule has 6 rings (SSSR count). The molecule has 6 nitrogen and oxygen atoms in total. The molecule has 4 aromatic rings. The SMILES string of the molecule is COc1cccc([C@H]2C3=C(Nc4ncnn42)c2ccccc2O[C@@H]3c2cccs2)c1.